The van der Waals surface area contributed by atoms with Gasteiger partial charge in [0.2, 0.25) is 0 Å². The monoisotopic (exact) mass is 148 g/mol. The Hall–Kier alpha value is -1.31. The molecule has 0 spiro atoms. The third kappa shape index (κ3) is 1.80. The average molecular weight is 148 g/mol. The molecular formula is C9H12N2. The van der Waals surface area contributed by atoms with Crippen LogP contribution < -0.4 is 4.90 Å². The molecule has 0 radical (unpaired) electrons. The number of rotatable bonds is 2. The summed E-state index contributed by atoms with van der Waals surface area (Å²) in [6, 6.07) is 5.91. The molecule has 2 heteroatoms. The van der Waals surface area contributed by atoms with Crippen LogP contribution in [0.5, 0.6) is 0 Å². The Kier molecular flexibility index (Phi) is 2.26. The van der Waals surface area contributed by atoms with Crippen LogP contribution in [0.2, 0.25) is 0 Å². The molecule has 0 amide bonds. The van der Waals surface area contributed by atoms with Crippen molar-refractivity contribution in [2.24, 2.45) is 0 Å². The second kappa shape index (κ2) is 3.19. The minimum atomic E-state index is 0.931. The normalized spacial score (nSPS) is 9.27. The number of hydrogen-bond donors (Lipinski definition) is 0. The standard InChI is InChI=1S/C9H12N2/c1-4-11(3)9-7-5-6-8(2)10-9/h4-7H,1H2,2-3H3. The highest BCUT2D eigenvalue weighted by atomic mass is 15.1. The molecule has 1 rings (SSSR count). The molecule has 11 heavy (non-hydrogen) atoms. The lowest BCUT2D eigenvalue weighted by atomic mass is 10.3. The van der Waals surface area contributed by atoms with Gasteiger partial charge < -0.3 is 4.90 Å². The minimum Gasteiger partial charge on any atom is -0.337 e. The Morgan fingerprint density at radius 1 is 1.55 bits per heavy atom. The van der Waals surface area contributed by atoms with Crippen molar-refractivity contribution in [1.29, 1.82) is 0 Å². The predicted molar refractivity (Wildman–Crippen MR) is 47.6 cm³/mol. The van der Waals surface area contributed by atoms with Crippen molar-refractivity contribution in [3.63, 3.8) is 0 Å². The van der Waals surface area contributed by atoms with Crippen molar-refractivity contribution in [2.75, 3.05) is 11.9 Å². The highest BCUT2D eigenvalue weighted by Gasteiger charge is 1.95. The zero-order valence-electron chi connectivity index (χ0n) is 6.91. The smallest absolute Gasteiger partial charge is 0.132 e. The predicted octanol–water partition coefficient (Wildman–Crippen LogP) is 1.97. The fourth-order valence-electron chi connectivity index (χ4n) is 0.819. The van der Waals surface area contributed by atoms with Crippen LogP contribution in [0.3, 0.4) is 0 Å². The van der Waals surface area contributed by atoms with Crippen LogP contribution >= 0.6 is 0 Å². The van der Waals surface area contributed by atoms with E-state index < -0.39 is 0 Å². The van der Waals surface area contributed by atoms with Gasteiger partial charge in [0.05, 0.1) is 0 Å². The number of aryl methyl sites for hydroxylation is 1. The van der Waals surface area contributed by atoms with Gasteiger partial charge in [0.15, 0.2) is 0 Å². The van der Waals surface area contributed by atoms with Crippen molar-refractivity contribution < 1.29 is 0 Å². The quantitative estimate of drug-likeness (QED) is 0.637. The van der Waals surface area contributed by atoms with Crippen LogP contribution in [0.15, 0.2) is 31.0 Å². The molecule has 2 nitrogen and oxygen atoms in total. The van der Waals surface area contributed by atoms with Crippen LogP contribution in [0, 0.1) is 6.92 Å². The molecule has 58 valence electrons. The van der Waals surface area contributed by atoms with Crippen molar-refractivity contribution in [3.8, 4) is 0 Å². The van der Waals surface area contributed by atoms with Gasteiger partial charge in [-0.2, -0.15) is 0 Å². The number of nitrogens with zero attached hydrogens (tertiary/aromatic N) is 2. The van der Waals surface area contributed by atoms with E-state index in [-0.39, 0.29) is 0 Å². The third-order valence-electron chi connectivity index (χ3n) is 1.51. The van der Waals surface area contributed by atoms with E-state index >= 15 is 0 Å². The maximum absolute atomic E-state index is 4.30. The summed E-state index contributed by atoms with van der Waals surface area (Å²) in [6.07, 6.45) is 1.74. The van der Waals surface area contributed by atoms with Gasteiger partial charge in [-0.05, 0) is 25.3 Å². The zero-order chi connectivity index (χ0) is 8.27. The molecule has 0 fully saturated rings. The average Bonchev–Trinajstić information content (AvgIpc) is 2.03. The molecule has 0 unspecified atom stereocenters. The Labute approximate surface area is 67.2 Å². The number of hydrogen-bond acceptors (Lipinski definition) is 2. The fraction of sp³-hybridized carbons (Fsp3) is 0.222. The van der Waals surface area contributed by atoms with Crippen molar-refractivity contribution in [1.82, 2.24) is 4.98 Å². The van der Waals surface area contributed by atoms with Crippen LogP contribution in [0.4, 0.5) is 5.82 Å². The SMILES string of the molecule is C=CN(C)c1cccc(C)n1. The van der Waals surface area contributed by atoms with Gasteiger partial charge in [-0.15, -0.1) is 0 Å². The lowest BCUT2D eigenvalue weighted by Gasteiger charge is -2.11. The summed E-state index contributed by atoms with van der Waals surface area (Å²) >= 11 is 0. The molecule has 1 aromatic heterocycles. The maximum Gasteiger partial charge on any atom is 0.132 e. The van der Waals surface area contributed by atoms with E-state index in [9.17, 15) is 0 Å². The van der Waals surface area contributed by atoms with Crippen LogP contribution in [-0.4, -0.2) is 12.0 Å². The van der Waals surface area contributed by atoms with Gasteiger partial charge in [0.25, 0.3) is 0 Å². The molecule has 0 aliphatic carbocycles. The van der Waals surface area contributed by atoms with E-state index in [1.54, 1.807) is 6.20 Å². The molecular weight excluding hydrogens is 136 g/mol. The molecule has 0 N–H and O–H groups in total. The first-order valence-electron chi connectivity index (χ1n) is 3.53. The van der Waals surface area contributed by atoms with Gasteiger partial charge in [-0.1, -0.05) is 12.6 Å². The second-order valence-corrected chi connectivity index (χ2v) is 2.43. The van der Waals surface area contributed by atoms with E-state index in [1.165, 1.54) is 0 Å². The topological polar surface area (TPSA) is 16.1 Å². The van der Waals surface area contributed by atoms with Crippen molar-refractivity contribution in [2.45, 2.75) is 6.92 Å². The summed E-state index contributed by atoms with van der Waals surface area (Å²) < 4.78 is 0. The molecule has 0 saturated heterocycles. The lowest BCUT2D eigenvalue weighted by molar-refractivity contribution is 1.09. The van der Waals surface area contributed by atoms with Gasteiger partial charge >= 0.3 is 0 Å². The van der Waals surface area contributed by atoms with E-state index in [0.29, 0.717) is 0 Å². The minimum absolute atomic E-state index is 0.931. The summed E-state index contributed by atoms with van der Waals surface area (Å²) in [5.74, 6) is 0.931. The lowest BCUT2D eigenvalue weighted by Crippen LogP contribution is -2.08. The highest BCUT2D eigenvalue weighted by molar-refractivity contribution is 5.40. The molecule has 0 saturated carbocycles. The summed E-state index contributed by atoms with van der Waals surface area (Å²) in [5, 5.41) is 0. The molecule has 0 atom stereocenters. The first-order chi connectivity index (χ1) is 5.24. The molecule has 0 aromatic carbocycles. The fourth-order valence-corrected chi connectivity index (χ4v) is 0.819. The maximum atomic E-state index is 4.30. The van der Waals surface area contributed by atoms with Crippen LogP contribution in [-0.2, 0) is 0 Å². The second-order valence-electron chi connectivity index (χ2n) is 2.43. The van der Waals surface area contributed by atoms with Crippen molar-refractivity contribution in [3.05, 3.63) is 36.7 Å². The summed E-state index contributed by atoms with van der Waals surface area (Å²) in [6.45, 7) is 5.63. The molecule has 0 aliphatic rings. The Balaban J connectivity index is 2.95. The van der Waals surface area contributed by atoms with Crippen LogP contribution in [0.1, 0.15) is 5.69 Å². The molecule has 0 aliphatic heterocycles. The van der Waals surface area contributed by atoms with E-state index in [1.807, 2.05) is 37.1 Å². The number of anilines is 1. The van der Waals surface area contributed by atoms with Gasteiger partial charge in [0, 0.05) is 12.7 Å². The molecule has 1 heterocycles. The first-order valence-corrected chi connectivity index (χ1v) is 3.53. The number of aromatic nitrogens is 1. The van der Waals surface area contributed by atoms with E-state index in [4.69, 9.17) is 0 Å². The summed E-state index contributed by atoms with van der Waals surface area (Å²) in [7, 11) is 1.93. The first kappa shape index (κ1) is 7.79. The Morgan fingerprint density at radius 3 is 2.82 bits per heavy atom. The van der Waals surface area contributed by atoms with Gasteiger partial charge in [-0.25, -0.2) is 4.98 Å². The zero-order valence-corrected chi connectivity index (χ0v) is 6.91. The molecule has 0 bridgehead atoms. The van der Waals surface area contributed by atoms with Crippen LogP contribution in [0.25, 0.3) is 0 Å². The Bertz CT molecular complexity index is 255. The van der Waals surface area contributed by atoms with E-state index in [0.717, 1.165) is 11.5 Å². The van der Waals surface area contributed by atoms with Gasteiger partial charge in [-0.3, -0.25) is 0 Å². The summed E-state index contributed by atoms with van der Waals surface area (Å²) in [5.41, 5.74) is 1.02. The van der Waals surface area contributed by atoms with E-state index in [2.05, 4.69) is 11.6 Å². The molecule has 1 aromatic rings. The highest BCUT2D eigenvalue weighted by Crippen LogP contribution is 2.08. The van der Waals surface area contributed by atoms with Gasteiger partial charge in [0.1, 0.15) is 5.82 Å². The number of pyridine rings is 1. The largest absolute Gasteiger partial charge is 0.337 e. The van der Waals surface area contributed by atoms with Crippen molar-refractivity contribution >= 4 is 5.82 Å². The Morgan fingerprint density at radius 2 is 2.27 bits per heavy atom. The summed E-state index contributed by atoms with van der Waals surface area (Å²) in [4.78, 5) is 6.18. The third-order valence-corrected chi connectivity index (χ3v) is 1.51.